The molecule has 0 aliphatic carbocycles. The van der Waals surface area contributed by atoms with Crippen LogP contribution in [-0.4, -0.2) is 30.1 Å². The maximum Gasteiger partial charge on any atom is 0.158 e. The molecule has 2 N–H and O–H groups in total. The van der Waals surface area contributed by atoms with E-state index in [0.29, 0.717) is 45.0 Å². The van der Waals surface area contributed by atoms with Crippen molar-refractivity contribution in [1.29, 1.82) is 0 Å². The van der Waals surface area contributed by atoms with Gasteiger partial charge in [-0.05, 0) is 36.1 Å². The van der Waals surface area contributed by atoms with Gasteiger partial charge in [0.15, 0.2) is 11.2 Å². The number of aromatic nitrogens is 4. The maximum atomic E-state index is 12.1. The van der Waals surface area contributed by atoms with E-state index in [1.54, 1.807) is 24.8 Å². The van der Waals surface area contributed by atoms with E-state index in [-0.39, 0.29) is 0 Å². The van der Waals surface area contributed by atoms with E-state index >= 15 is 0 Å². The van der Waals surface area contributed by atoms with Crippen LogP contribution in [0.4, 0.5) is 0 Å². The standard InChI is InChI=1S/C37H32N4O2/c1-35(2,31-23-40-33(25-38-31)36(42,27-15-7-3-8-16-27)28-17-9-4-10-18-28)32-24-41-34(26-39-32)37(43,29-19-11-5-12-20-29)30-21-13-6-14-22-30/h3-26,42-43H,1-2H3. The summed E-state index contributed by atoms with van der Waals surface area (Å²) in [6.07, 6.45) is 6.63. The van der Waals surface area contributed by atoms with Crippen LogP contribution in [-0.2, 0) is 16.6 Å². The van der Waals surface area contributed by atoms with Crippen molar-refractivity contribution >= 4 is 0 Å². The van der Waals surface area contributed by atoms with Crippen LogP contribution in [0.3, 0.4) is 0 Å². The third-order valence-electron chi connectivity index (χ3n) is 8.09. The zero-order chi connectivity index (χ0) is 29.9. The average molecular weight is 565 g/mol. The molecule has 6 aromatic rings. The van der Waals surface area contributed by atoms with Crippen molar-refractivity contribution in [2.24, 2.45) is 0 Å². The molecule has 2 aromatic heterocycles. The topological polar surface area (TPSA) is 92.0 Å². The van der Waals surface area contributed by atoms with Gasteiger partial charge in [0.1, 0.15) is 0 Å². The molecule has 0 fully saturated rings. The normalized spacial score (nSPS) is 12.2. The second-order valence-electron chi connectivity index (χ2n) is 11.1. The molecule has 0 aliphatic rings. The van der Waals surface area contributed by atoms with Crippen molar-refractivity contribution in [3.63, 3.8) is 0 Å². The molecular formula is C37H32N4O2. The summed E-state index contributed by atoms with van der Waals surface area (Å²) in [4.78, 5) is 19.0. The summed E-state index contributed by atoms with van der Waals surface area (Å²) in [6, 6.07) is 37.9. The van der Waals surface area contributed by atoms with Gasteiger partial charge in [0.25, 0.3) is 0 Å². The highest BCUT2D eigenvalue weighted by atomic mass is 16.3. The Hall–Kier alpha value is -5.04. The molecule has 0 saturated heterocycles. The van der Waals surface area contributed by atoms with E-state index < -0.39 is 16.6 Å². The van der Waals surface area contributed by atoms with Crippen LogP contribution < -0.4 is 0 Å². The largest absolute Gasteiger partial charge is 0.374 e. The van der Waals surface area contributed by atoms with Gasteiger partial charge in [0.2, 0.25) is 0 Å². The Morgan fingerprint density at radius 2 is 0.605 bits per heavy atom. The summed E-state index contributed by atoms with van der Waals surface area (Å²) < 4.78 is 0. The van der Waals surface area contributed by atoms with E-state index in [4.69, 9.17) is 19.9 Å². The van der Waals surface area contributed by atoms with Gasteiger partial charge < -0.3 is 10.2 Å². The van der Waals surface area contributed by atoms with E-state index in [9.17, 15) is 10.2 Å². The molecule has 212 valence electrons. The lowest BCUT2D eigenvalue weighted by Gasteiger charge is -2.30. The molecule has 0 atom stereocenters. The second kappa shape index (κ2) is 11.3. The van der Waals surface area contributed by atoms with Crippen molar-refractivity contribution in [2.45, 2.75) is 30.5 Å². The number of rotatable bonds is 8. The van der Waals surface area contributed by atoms with Crippen LogP contribution in [0, 0.1) is 0 Å². The first-order valence-electron chi connectivity index (χ1n) is 14.2. The van der Waals surface area contributed by atoms with Crippen molar-refractivity contribution in [2.75, 3.05) is 0 Å². The number of aliphatic hydroxyl groups is 2. The number of hydrogen-bond acceptors (Lipinski definition) is 6. The lowest BCUT2D eigenvalue weighted by atomic mass is 9.82. The first kappa shape index (κ1) is 28.1. The molecule has 0 saturated carbocycles. The summed E-state index contributed by atoms with van der Waals surface area (Å²) in [6.45, 7) is 4.00. The highest BCUT2D eigenvalue weighted by Crippen LogP contribution is 2.38. The SMILES string of the molecule is CC(C)(c1cnc(C(O)(c2ccccc2)c2ccccc2)cn1)c1cnc(C(O)(c2ccccc2)c2ccccc2)cn1. The maximum absolute atomic E-state index is 12.1. The Balaban J connectivity index is 1.35. The first-order chi connectivity index (χ1) is 20.8. The smallest absolute Gasteiger partial charge is 0.158 e. The molecule has 6 rings (SSSR count). The molecule has 0 amide bonds. The van der Waals surface area contributed by atoms with Gasteiger partial charge in [-0.1, -0.05) is 121 Å². The Morgan fingerprint density at radius 3 is 0.837 bits per heavy atom. The highest BCUT2D eigenvalue weighted by Gasteiger charge is 2.38. The number of hydrogen-bond donors (Lipinski definition) is 2. The zero-order valence-electron chi connectivity index (χ0n) is 24.0. The van der Waals surface area contributed by atoms with Crippen molar-refractivity contribution < 1.29 is 10.2 Å². The van der Waals surface area contributed by atoms with Crippen LogP contribution in [0.25, 0.3) is 0 Å². The highest BCUT2D eigenvalue weighted by molar-refractivity contribution is 5.45. The monoisotopic (exact) mass is 564 g/mol. The van der Waals surface area contributed by atoms with Crippen LogP contribution in [0.1, 0.15) is 58.9 Å². The molecule has 6 heteroatoms. The van der Waals surface area contributed by atoms with Gasteiger partial charge in [-0.25, -0.2) is 0 Å². The summed E-state index contributed by atoms with van der Waals surface area (Å²) in [5, 5.41) is 24.2. The predicted molar refractivity (Wildman–Crippen MR) is 166 cm³/mol. The molecule has 43 heavy (non-hydrogen) atoms. The van der Waals surface area contributed by atoms with Gasteiger partial charge >= 0.3 is 0 Å². The molecule has 0 spiro atoms. The second-order valence-corrected chi connectivity index (χ2v) is 11.1. The molecule has 0 aliphatic heterocycles. The van der Waals surface area contributed by atoms with Crippen LogP contribution in [0.2, 0.25) is 0 Å². The van der Waals surface area contributed by atoms with Gasteiger partial charge in [-0.2, -0.15) is 0 Å². The van der Waals surface area contributed by atoms with Gasteiger partial charge in [-0.15, -0.1) is 0 Å². The Kier molecular flexibility index (Phi) is 7.40. The molecular weight excluding hydrogens is 532 g/mol. The first-order valence-corrected chi connectivity index (χ1v) is 14.2. The van der Waals surface area contributed by atoms with Gasteiger partial charge in [0.05, 0.1) is 40.6 Å². The van der Waals surface area contributed by atoms with Crippen molar-refractivity contribution in [1.82, 2.24) is 19.9 Å². The van der Waals surface area contributed by atoms with Crippen LogP contribution in [0.15, 0.2) is 146 Å². The fourth-order valence-electron chi connectivity index (χ4n) is 5.45. The third-order valence-corrected chi connectivity index (χ3v) is 8.09. The van der Waals surface area contributed by atoms with E-state index in [0.717, 1.165) is 0 Å². The van der Waals surface area contributed by atoms with Crippen LogP contribution in [0.5, 0.6) is 0 Å². The average Bonchev–Trinajstić information content (AvgIpc) is 3.09. The lowest BCUT2D eigenvalue weighted by molar-refractivity contribution is 0.120. The van der Waals surface area contributed by atoms with Gasteiger partial charge in [0, 0.05) is 12.4 Å². The summed E-state index contributed by atoms with van der Waals surface area (Å²) in [5.41, 5.74) is 1.38. The van der Waals surface area contributed by atoms with E-state index in [2.05, 4.69) is 0 Å². The summed E-state index contributed by atoms with van der Waals surface area (Å²) in [7, 11) is 0. The number of nitrogens with zero attached hydrogens (tertiary/aromatic N) is 4. The predicted octanol–water partition coefficient (Wildman–Crippen LogP) is 6.16. The Labute approximate surface area is 251 Å². The van der Waals surface area contributed by atoms with Crippen molar-refractivity contribution in [3.05, 3.63) is 191 Å². The fraction of sp³-hybridized carbons (Fsp3) is 0.135. The minimum absolute atomic E-state index is 0.418. The quantitative estimate of drug-likeness (QED) is 0.230. The molecule has 6 nitrogen and oxygen atoms in total. The van der Waals surface area contributed by atoms with E-state index in [1.165, 1.54) is 0 Å². The van der Waals surface area contributed by atoms with E-state index in [1.807, 2.05) is 135 Å². The molecule has 2 heterocycles. The Morgan fingerprint density at radius 1 is 0.372 bits per heavy atom. The van der Waals surface area contributed by atoms with Crippen molar-refractivity contribution in [3.8, 4) is 0 Å². The fourth-order valence-corrected chi connectivity index (χ4v) is 5.45. The molecule has 0 bridgehead atoms. The summed E-state index contributed by atoms with van der Waals surface area (Å²) >= 11 is 0. The molecule has 0 radical (unpaired) electrons. The summed E-state index contributed by atoms with van der Waals surface area (Å²) in [5.74, 6) is 0. The molecule has 0 unspecified atom stereocenters. The zero-order valence-corrected chi connectivity index (χ0v) is 24.0. The Bertz CT molecular complexity index is 1560. The van der Waals surface area contributed by atoms with Crippen LogP contribution >= 0.6 is 0 Å². The minimum atomic E-state index is -1.47. The minimum Gasteiger partial charge on any atom is -0.374 e. The third kappa shape index (κ3) is 5.01. The molecule has 4 aromatic carbocycles. The number of benzene rings is 4. The van der Waals surface area contributed by atoms with Gasteiger partial charge in [-0.3, -0.25) is 19.9 Å². The lowest BCUT2D eigenvalue weighted by Crippen LogP contribution is -2.32.